The number of carbonyl (C=O) groups excluding carboxylic acids is 1. The second kappa shape index (κ2) is 8.15. The van der Waals surface area contributed by atoms with Gasteiger partial charge in [0.05, 0.1) is 12.8 Å². The average molecular weight is 429 g/mol. The molecule has 0 saturated carbocycles. The van der Waals surface area contributed by atoms with Gasteiger partial charge < -0.3 is 5.32 Å². The maximum absolute atomic E-state index is 11.9. The molecule has 0 aliphatic heterocycles. The van der Waals surface area contributed by atoms with E-state index in [2.05, 4.69) is 21.2 Å². The highest BCUT2D eigenvalue weighted by atomic mass is 79.9. The minimum Gasteiger partial charge on any atom is -0.325 e. The van der Waals surface area contributed by atoms with E-state index in [-0.39, 0.29) is 12.5 Å². The van der Waals surface area contributed by atoms with E-state index in [1.54, 1.807) is 23.9 Å². The van der Waals surface area contributed by atoms with Gasteiger partial charge in [0, 0.05) is 27.0 Å². The van der Waals surface area contributed by atoms with Crippen molar-refractivity contribution in [2.75, 3.05) is 25.2 Å². The lowest BCUT2D eigenvalue weighted by atomic mass is 10.3. The predicted octanol–water partition coefficient (Wildman–Crippen LogP) is 3.43. The first kappa shape index (κ1) is 19.0. The molecule has 0 bridgehead atoms. The van der Waals surface area contributed by atoms with Gasteiger partial charge in [-0.3, -0.25) is 4.79 Å². The van der Waals surface area contributed by atoms with Gasteiger partial charge in [0.1, 0.15) is 0 Å². The zero-order valence-corrected chi connectivity index (χ0v) is 16.4. The molecule has 0 saturated heterocycles. The van der Waals surface area contributed by atoms with Crippen molar-refractivity contribution in [3.8, 4) is 0 Å². The maximum Gasteiger partial charge on any atom is 0.239 e. The zero-order chi connectivity index (χ0) is 17.7. The fourth-order valence-corrected chi connectivity index (χ4v) is 3.20. The molecule has 2 rings (SSSR count). The Balaban J connectivity index is 1.94. The summed E-state index contributed by atoms with van der Waals surface area (Å²) >= 11 is 5.02. The number of sulfonamides is 1. The van der Waals surface area contributed by atoms with Gasteiger partial charge in [-0.05, 0) is 48.5 Å². The molecule has 128 valence electrons. The highest BCUT2D eigenvalue weighted by Gasteiger charge is 2.15. The molecular formula is C16H17BrN2O3S2. The van der Waals surface area contributed by atoms with Crippen LogP contribution in [0, 0.1) is 0 Å². The van der Waals surface area contributed by atoms with Crippen molar-refractivity contribution in [1.29, 1.82) is 0 Å². The summed E-state index contributed by atoms with van der Waals surface area (Å²) in [6.45, 7) is -0.214. The van der Waals surface area contributed by atoms with Crippen molar-refractivity contribution >= 4 is 49.3 Å². The minimum absolute atomic E-state index is 0.214. The molecule has 24 heavy (non-hydrogen) atoms. The summed E-state index contributed by atoms with van der Waals surface area (Å²) in [5.74, 6) is -0.378. The summed E-state index contributed by atoms with van der Waals surface area (Å²) in [6, 6.07) is 15.4. The molecule has 5 nitrogen and oxygen atoms in total. The summed E-state index contributed by atoms with van der Waals surface area (Å²) in [5, 5.41) is 2.68. The van der Waals surface area contributed by atoms with Crippen molar-refractivity contribution < 1.29 is 13.2 Å². The van der Waals surface area contributed by atoms with Crippen LogP contribution in [0.25, 0.3) is 0 Å². The van der Waals surface area contributed by atoms with Gasteiger partial charge in [0.2, 0.25) is 15.9 Å². The Labute approximate surface area is 154 Å². The van der Waals surface area contributed by atoms with E-state index in [4.69, 9.17) is 0 Å². The molecule has 0 aliphatic rings. The first-order valence-corrected chi connectivity index (χ1v) is 10.4. The smallest absolute Gasteiger partial charge is 0.239 e. The van der Waals surface area contributed by atoms with Crippen LogP contribution in [0.4, 0.5) is 5.69 Å². The Morgan fingerprint density at radius 1 is 1.08 bits per heavy atom. The summed E-state index contributed by atoms with van der Waals surface area (Å²) in [6.07, 6.45) is 1.06. The molecule has 2 aromatic carbocycles. The van der Waals surface area contributed by atoms with E-state index < -0.39 is 10.0 Å². The largest absolute Gasteiger partial charge is 0.325 e. The number of rotatable bonds is 6. The number of nitrogens with zero attached hydrogens (tertiary/aromatic N) is 1. The molecular weight excluding hydrogens is 412 g/mol. The number of hydrogen-bond acceptors (Lipinski definition) is 4. The third kappa shape index (κ3) is 5.94. The molecule has 1 amide bonds. The van der Waals surface area contributed by atoms with Gasteiger partial charge in [-0.1, -0.05) is 27.7 Å². The standard InChI is InChI=1S/C16H17BrN2O3S2/c1-19(24(2,21)22)11-16(20)18-13-5-9-15(10-6-13)23-14-7-3-12(17)4-8-14/h3-10H,11H2,1-2H3,(H,18,20). The first-order valence-electron chi connectivity index (χ1n) is 6.99. The molecule has 0 heterocycles. The zero-order valence-electron chi connectivity index (χ0n) is 13.2. The SMILES string of the molecule is CN(CC(=O)Nc1ccc(Sc2ccc(Br)cc2)cc1)S(C)(=O)=O. The minimum atomic E-state index is -3.37. The number of likely N-dealkylation sites (N-methyl/N-ethyl adjacent to an activating group) is 1. The summed E-state index contributed by atoms with van der Waals surface area (Å²) < 4.78 is 24.6. The van der Waals surface area contributed by atoms with Crippen LogP contribution in [0.15, 0.2) is 62.8 Å². The number of carbonyl (C=O) groups is 1. The van der Waals surface area contributed by atoms with E-state index in [9.17, 15) is 13.2 Å². The number of amides is 1. The summed E-state index contributed by atoms with van der Waals surface area (Å²) in [5.41, 5.74) is 0.627. The Morgan fingerprint density at radius 3 is 2.08 bits per heavy atom. The molecule has 0 fully saturated rings. The molecule has 0 radical (unpaired) electrons. The van der Waals surface area contributed by atoms with E-state index >= 15 is 0 Å². The van der Waals surface area contributed by atoms with E-state index in [0.717, 1.165) is 24.8 Å². The van der Waals surface area contributed by atoms with Gasteiger partial charge in [-0.2, -0.15) is 4.31 Å². The van der Waals surface area contributed by atoms with Gasteiger partial charge in [-0.15, -0.1) is 0 Å². The van der Waals surface area contributed by atoms with Gasteiger partial charge in [-0.25, -0.2) is 8.42 Å². The molecule has 1 N–H and O–H groups in total. The van der Waals surface area contributed by atoms with Crippen LogP contribution in [0.3, 0.4) is 0 Å². The summed E-state index contributed by atoms with van der Waals surface area (Å²) in [4.78, 5) is 14.0. The Bertz CT molecular complexity index is 806. The Hall–Kier alpha value is -1.35. The fourth-order valence-electron chi connectivity index (χ4n) is 1.77. The molecule has 0 unspecified atom stereocenters. The monoisotopic (exact) mass is 428 g/mol. The number of benzene rings is 2. The third-order valence-corrected chi connectivity index (χ3v) is 5.93. The highest BCUT2D eigenvalue weighted by molar-refractivity contribution is 9.10. The molecule has 0 atom stereocenters. The Morgan fingerprint density at radius 2 is 1.58 bits per heavy atom. The van der Waals surface area contributed by atoms with Crippen molar-refractivity contribution in [3.63, 3.8) is 0 Å². The Kier molecular flexibility index (Phi) is 6.45. The highest BCUT2D eigenvalue weighted by Crippen LogP contribution is 2.29. The quantitative estimate of drug-likeness (QED) is 0.764. The number of halogens is 1. The van der Waals surface area contributed by atoms with Gasteiger partial charge >= 0.3 is 0 Å². The first-order chi connectivity index (χ1) is 11.2. The third-order valence-electron chi connectivity index (χ3n) is 3.12. The average Bonchev–Trinajstić information content (AvgIpc) is 2.50. The summed E-state index contributed by atoms with van der Waals surface area (Å²) in [7, 11) is -2.00. The van der Waals surface area contributed by atoms with E-state index in [0.29, 0.717) is 5.69 Å². The second-order valence-corrected chi connectivity index (χ2v) is 9.30. The van der Waals surface area contributed by atoms with Gasteiger partial charge in [0.25, 0.3) is 0 Å². The van der Waals surface area contributed by atoms with Crippen LogP contribution in [-0.2, 0) is 14.8 Å². The van der Waals surface area contributed by atoms with Crippen LogP contribution in [0.5, 0.6) is 0 Å². The van der Waals surface area contributed by atoms with Crippen molar-refractivity contribution in [2.24, 2.45) is 0 Å². The van der Waals surface area contributed by atoms with Crippen LogP contribution in [0.2, 0.25) is 0 Å². The van der Waals surface area contributed by atoms with Crippen LogP contribution in [-0.4, -0.2) is 38.5 Å². The molecule has 2 aromatic rings. The topological polar surface area (TPSA) is 66.5 Å². The fraction of sp³-hybridized carbons (Fsp3) is 0.188. The molecule has 0 aromatic heterocycles. The molecule has 8 heteroatoms. The van der Waals surface area contributed by atoms with Crippen LogP contribution >= 0.6 is 27.7 Å². The van der Waals surface area contributed by atoms with Crippen LogP contribution < -0.4 is 5.32 Å². The molecule has 0 spiro atoms. The maximum atomic E-state index is 11.9. The lowest BCUT2D eigenvalue weighted by Crippen LogP contribution is -2.34. The molecule has 0 aliphatic carbocycles. The van der Waals surface area contributed by atoms with Crippen molar-refractivity contribution in [3.05, 3.63) is 53.0 Å². The number of anilines is 1. The second-order valence-electron chi connectivity index (χ2n) is 5.15. The van der Waals surface area contributed by atoms with Crippen molar-refractivity contribution in [2.45, 2.75) is 9.79 Å². The van der Waals surface area contributed by atoms with E-state index in [1.165, 1.54) is 7.05 Å². The normalized spacial score (nSPS) is 11.5. The predicted molar refractivity (Wildman–Crippen MR) is 101 cm³/mol. The van der Waals surface area contributed by atoms with E-state index in [1.807, 2.05) is 36.4 Å². The number of hydrogen-bond donors (Lipinski definition) is 1. The lowest BCUT2D eigenvalue weighted by Gasteiger charge is -2.13. The van der Waals surface area contributed by atoms with Crippen molar-refractivity contribution in [1.82, 2.24) is 4.31 Å². The van der Waals surface area contributed by atoms with Gasteiger partial charge in [0.15, 0.2) is 0 Å². The van der Waals surface area contributed by atoms with Crippen LogP contribution in [0.1, 0.15) is 0 Å². The number of nitrogens with one attached hydrogen (secondary N) is 1. The lowest BCUT2D eigenvalue weighted by molar-refractivity contribution is -0.116.